The zero-order chi connectivity index (χ0) is 21.6. The van der Waals surface area contributed by atoms with E-state index < -0.39 is 0 Å². The van der Waals surface area contributed by atoms with Gasteiger partial charge in [-0.25, -0.2) is 0 Å². The Balaban J connectivity index is 1.27. The molecule has 162 valence electrons. The average molecular weight is 437 g/mol. The summed E-state index contributed by atoms with van der Waals surface area (Å²) in [5.41, 5.74) is 3.70. The molecule has 0 spiro atoms. The van der Waals surface area contributed by atoms with Crippen LogP contribution in [0.5, 0.6) is 11.5 Å². The smallest absolute Gasteiger partial charge is 0.264 e. The van der Waals surface area contributed by atoms with Gasteiger partial charge in [-0.3, -0.25) is 9.69 Å². The molecule has 31 heavy (non-hydrogen) atoms. The van der Waals surface area contributed by atoms with Crippen LogP contribution < -0.4 is 9.47 Å². The van der Waals surface area contributed by atoms with Gasteiger partial charge in [0.15, 0.2) is 0 Å². The molecule has 1 saturated heterocycles. The van der Waals surface area contributed by atoms with Gasteiger partial charge < -0.3 is 14.4 Å². The summed E-state index contributed by atoms with van der Waals surface area (Å²) < 4.78 is 11.0. The van der Waals surface area contributed by atoms with Crippen molar-refractivity contribution >= 4 is 17.2 Å². The molecular weight excluding hydrogens is 408 g/mol. The first-order valence-corrected chi connectivity index (χ1v) is 11.4. The second-order valence-electron chi connectivity index (χ2n) is 7.78. The largest absolute Gasteiger partial charge is 0.497 e. The summed E-state index contributed by atoms with van der Waals surface area (Å²) in [5.74, 6) is 1.70. The molecule has 1 fully saturated rings. The molecule has 2 heterocycles. The minimum atomic E-state index is 0.122. The van der Waals surface area contributed by atoms with Crippen LogP contribution in [-0.2, 0) is 13.2 Å². The van der Waals surface area contributed by atoms with Crippen molar-refractivity contribution < 1.29 is 14.3 Å². The number of piperazine rings is 1. The van der Waals surface area contributed by atoms with Crippen molar-refractivity contribution in [1.82, 2.24) is 9.80 Å². The summed E-state index contributed by atoms with van der Waals surface area (Å²) in [5, 5.41) is 2.01. The highest BCUT2D eigenvalue weighted by atomic mass is 32.1. The highest BCUT2D eigenvalue weighted by molar-refractivity contribution is 7.12. The lowest BCUT2D eigenvalue weighted by atomic mass is 10.1. The van der Waals surface area contributed by atoms with Crippen molar-refractivity contribution in [1.29, 1.82) is 0 Å². The van der Waals surface area contributed by atoms with Gasteiger partial charge in [0.2, 0.25) is 0 Å². The lowest BCUT2D eigenvalue weighted by Crippen LogP contribution is -2.48. The van der Waals surface area contributed by atoms with Gasteiger partial charge in [-0.1, -0.05) is 24.3 Å². The van der Waals surface area contributed by atoms with E-state index in [1.165, 1.54) is 22.5 Å². The van der Waals surface area contributed by atoms with E-state index in [0.717, 1.165) is 54.7 Å². The lowest BCUT2D eigenvalue weighted by molar-refractivity contribution is 0.0633. The minimum Gasteiger partial charge on any atom is -0.497 e. The molecule has 0 saturated carbocycles. The molecule has 5 nitrogen and oxygen atoms in total. The number of aryl methyl sites for hydroxylation is 1. The molecule has 1 amide bonds. The molecule has 6 heteroatoms. The van der Waals surface area contributed by atoms with E-state index in [9.17, 15) is 4.79 Å². The first-order valence-electron chi connectivity index (χ1n) is 10.5. The van der Waals surface area contributed by atoms with Gasteiger partial charge in [0, 0.05) is 38.3 Å². The number of hydrogen-bond donors (Lipinski definition) is 0. The zero-order valence-electron chi connectivity index (χ0n) is 18.0. The Bertz CT molecular complexity index is 1010. The fourth-order valence-corrected chi connectivity index (χ4v) is 4.56. The third-order valence-electron chi connectivity index (χ3n) is 5.64. The number of carbonyl (C=O) groups is 1. The summed E-state index contributed by atoms with van der Waals surface area (Å²) in [4.78, 5) is 18.1. The van der Waals surface area contributed by atoms with Crippen LogP contribution in [0.3, 0.4) is 0 Å². The molecule has 4 rings (SSSR count). The van der Waals surface area contributed by atoms with Gasteiger partial charge in [-0.2, -0.15) is 0 Å². The van der Waals surface area contributed by atoms with Crippen LogP contribution in [0, 0.1) is 6.92 Å². The summed E-state index contributed by atoms with van der Waals surface area (Å²) in [6.07, 6.45) is 0. The summed E-state index contributed by atoms with van der Waals surface area (Å²) in [6, 6.07) is 18.0. The van der Waals surface area contributed by atoms with E-state index in [4.69, 9.17) is 9.47 Å². The average Bonchev–Trinajstić information content (AvgIpc) is 3.29. The Morgan fingerprint density at radius 3 is 2.42 bits per heavy atom. The Hall–Kier alpha value is -2.83. The predicted molar refractivity (Wildman–Crippen MR) is 124 cm³/mol. The van der Waals surface area contributed by atoms with Crippen LogP contribution in [0.15, 0.2) is 60.0 Å². The number of ether oxygens (including phenoxy) is 2. The second-order valence-corrected chi connectivity index (χ2v) is 8.69. The first-order chi connectivity index (χ1) is 15.1. The molecule has 0 N–H and O–H groups in total. The quantitative estimate of drug-likeness (QED) is 0.543. The highest BCUT2D eigenvalue weighted by Crippen LogP contribution is 2.22. The van der Waals surface area contributed by atoms with Gasteiger partial charge in [0.1, 0.15) is 18.1 Å². The molecule has 0 radical (unpaired) electrons. The molecule has 0 aliphatic carbocycles. The predicted octanol–water partition coefficient (Wildman–Crippen LogP) is 4.60. The van der Waals surface area contributed by atoms with Crippen molar-refractivity contribution in [2.75, 3.05) is 33.3 Å². The van der Waals surface area contributed by atoms with Crippen LogP contribution in [0.4, 0.5) is 0 Å². The van der Waals surface area contributed by atoms with Gasteiger partial charge >= 0.3 is 0 Å². The van der Waals surface area contributed by atoms with E-state index >= 15 is 0 Å². The number of carbonyl (C=O) groups excluding carboxylic acids is 1. The van der Waals surface area contributed by atoms with Crippen molar-refractivity contribution in [2.45, 2.75) is 20.1 Å². The Morgan fingerprint density at radius 2 is 1.71 bits per heavy atom. The number of amides is 1. The SMILES string of the molecule is COc1ccc(OCc2csc(C(=O)N3CCN(Cc4ccccc4C)CC3)c2)cc1. The standard InChI is InChI=1S/C25H28N2O3S/c1-19-5-3-4-6-21(19)16-26-11-13-27(14-12-26)25(28)24-15-20(18-31-24)17-30-23-9-7-22(29-2)8-10-23/h3-10,15,18H,11-14,16-17H2,1-2H3. The van der Waals surface area contributed by atoms with E-state index in [1.54, 1.807) is 7.11 Å². The number of nitrogens with zero attached hydrogens (tertiary/aromatic N) is 2. The highest BCUT2D eigenvalue weighted by Gasteiger charge is 2.23. The number of methoxy groups -OCH3 is 1. The van der Waals surface area contributed by atoms with Crippen LogP contribution in [-0.4, -0.2) is 49.0 Å². The lowest BCUT2D eigenvalue weighted by Gasteiger charge is -2.34. The number of rotatable bonds is 7. The Kier molecular flexibility index (Phi) is 6.89. The maximum atomic E-state index is 12.9. The normalized spacial score (nSPS) is 14.5. The van der Waals surface area contributed by atoms with Crippen molar-refractivity contribution in [3.63, 3.8) is 0 Å². The molecule has 0 unspecified atom stereocenters. The third kappa shape index (κ3) is 5.46. The zero-order valence-corrected chi connectivity index (χ0v) is 18.9. The number of benzene rings is 2. The molecule has 0 bridgehead atoms. The fraction of sp³-hybridized carbons (Fsp3) is 0.320. The molecule has 2 aromatic carbocycles. The first kappa shape index (κ1) is 21.4. The van der Waals surface area contributed by atoms with E-state index in [-0.39, 0.29) is 5.91 Å². The molecular formula is C25H28N2O3S. The number of thiophene rings is 1. The van der Waals surface area contributed by atoms with Gasteiger partial charge in [0.25, 0.3) is 5.91 Å². The number of hydrogen-bond acceptors (Lipinski definition) is 5. The van der Waals surface area contributed by atoms with Gasteiger partial charge in [-0.05, 0) is 53.8 Å². The molecule has 1 aromatic heterocycles. The fourth-order valence-electron chi connectivity index (χ4n) is 3.70. The summed E-state index contributed by atoms with van der Waals surface area (Å²) >= 11 is 1.49. The monoisotopic (exact) mass is 436 g/mol. The van der Waals surface area contributed by atoms with Crippen molar-refractivity contribution in [2.24, 2.45) is 0 Å². The Morgan fingerprint density at radius 1 is 1.00 bits per heavy atom. The van der Waals surface area contributed by atoms with Crippen molar-refractivity contribution in [3.05, 3.63) is 81.5 Å². The Labute approximate surface area is 187 Å². The van der Waals surface area contributed by atoms with Crippen LogP contribution in [0.1, 0.15) is 26.4 Å². The summed E-state index contributed by atoms with van der Waals surface area (Å²) in [6.45, 7) is 6.88. The molecule has 1 aliphatic heterocycles. The second kappa shape index (κ2) is 9.98. The minimum absolute atomic E-state index is 0.122. The van der Waals surface area contributed by atoms with E-state index in [0.29, 0.717) is 6.61 Å². The van der Waals surface area contributed by atoms with Crippen LogP contribution in [0.25, 0.3) is 0 Å². The van der Waals surface area contributed by atoms with Gasteiger partial charge in [0.05, 0.1) is 12.0 Å². The van der Waals surface area contributed by atoms with Crippen LogP contribution in [0.2, 0.25) is 0 Å². The maximum absolute atomic E-state index is 12.9. The molecule has 0 atom stereocenters. The van der Waals surface area contributed by atoms with E-state index in [1.807, 2.05) is 40.6 Å². The molecule has 3 aromatic rings. The van der Waals surface area contributed by atoms with E-state index in [2.05, 4.69) is 36.1 Å². The van der Waals surface area contributed by atoms with Crippen LogP contribution >= 0.6 is 11.3 Å². The topological polar surface area (TPSA) is 42.0 Å². The maximum Gasteiger partial charge on any atom is 0.264 e. The third-order valence-corrected chi connectivity index (χ3v) is 6.61. The molecule has 1 aliphatic rings. The summed E-state index contributed by atoms with van der Waals surface area (Å²) in [7, 11) is 1.64. The van der Waals surface area contributed by atoms with Crippen molar-refractivity contribution in [3.8, 4) is 11.5 Å². The van der Waals surface area contributed by atoms with Gasteiger partial charge in [-0.15, -0.1) is 11.3 Å².